The highest BCUT2D eigenvalue weighted by molar-refractivity contribution is 5.72. The number of carbonyl (C=O) groups is 2. The van der Waals surface area contributed by atoms with Gasteiger partial charge in [0, 0.05) is 13.1 Å². The van der Waals surface area contributed by atoms with E-state index in [1.165, 1.54) is 4.90 Å². The topological polar surface area (TPSA) is 76.1 Å². The van der Waals surface area contributed by atoms with Crippen molar-refractivity contribution in [2.24, 2.45) is 0 Å². The summed E-state index contributed by atoms with van der Waals surface area (Å²) in [6.45, 7) is 9.17. The number of carbonyl (C=O) groups excluding carboxylic acids is 2. The highest BCUT2D eigenvalue weighted by Crippen LogP contribution is 2.10. The summed E-state index contributed by atoms with van der Waals surface area (Å²) in [7, 11) is 0. The Morgan fingerprint density at radius 2 is 1.89 bits per heavy atom. The summed E-state index contributed by atoms with van der Waals surface area (Å²) in [5.41, 5.74) is -0.613. The Hall–Kier alpha value is -1.30. The minimum atomic E-state index is -0.685. The molecule has 6 nitrogen and oxygen atoms in total. The van der Waals surface area contributed by atoms with Crippen molar-refractivity contribution >= 4 is 12.1 Å². The highest BCUT2D eigenvalue weighted by atomic mass is 16.6. The quantitative estimate of drug-likeness (QED) is 0.744. The SMILES string of the molecule is CCOC(=O)CCN(C[C@@H](C)O)C(=O)OC(C)(C)C. The van der Waals surface area contributed by atoms with Gasteiger partial charge in [-0.15, -0.1) is 0 Å². The molecule has 0 aliphatic heterocycles. The predicted molar refractivity (Wildman–Crippen MR) is 70.7 cm³/mol. The molecule has 0 fully saturated rings. The predicted octanol–water partition coefficient (Wildman–Crippen LogP) is 1.56. The third-order valence-electron chi connectivity index (χ3n) is 2.03. The maximum absolute atomic E-state index is 11.9. The normalized spacial score (nSPS) is 12.7. The molecule has 0 aliphatic carbocycles. The van der Waals surface area contributed by atoms with Crippen LogP contribution in [-0.2, 0) is 14.3 Å². The van der Waals surface area contributed by atoms with Gasteiger partial charge in [-0.3, -0.25) is 4.79 Å². The van der Waals surface area contributed by atoms with Gasteiger partial charge >= 0.3 is 12.1 Å². The molecular formula is C13H25NO5. The summed E-state index contributed by atoms with van der Waals surface area (Å²) in [5, 5.41) is 9.37. The van der Waals surface area contributed by atoms with Crippen molar-refractivity contribution in [3.63, 3.8) is 0 Å². The van der Waals surface area contributed by atoms with Crippen molar-refractivity contribution in [1.82, 2.24) is 4.90 Å². The largest absolute Gasteiger partial charge is 0.466 e. The fourth-order valence-electron chi connectivity index (χ4n) is 1.36. The zero-order valence-electron chi connectivity index (χ0n) is 12.4. The van der Waals surface area contributed by atoms with Gasteiger partial charge in [0.15, 0.2) is 0 Å². The number of esters is 1. The Morgan fingerprint density at radius 3 is 2.32 bits per heavy atom. The molecule has 112 valence electrons. The lowest BCUT2D eigenvalue weighted by Gasteiger charge is -2.28. The molecule has 0 unspecified atom stereocenters. The molecule has 0 aromatic rings. The van der Waals surface area contributed by atoms with Gasteiger partial charge in [0.1, 0.15) is 5.60 Å². The first-order valence-corrected chi connectivity index (χ1v) is 6.47. The van der Waals surface area contributed by atoms with Gasteiger partial charge in [-0.2, -0.15) is 0 Å². The first-order chi connectivity index (χ1) is 8.65. The van der Waals surface area contributed by atoms with E-state index in [-0.39, 0.29) is 25.5 Å². The molecule has 0 saturated carbocycles. The van der Waals surface area contributed by atoms with Gasteiger partial charge < -0.3 is 19.5 Å². The maximum atomic E-state index is 11.9. The number of hydrogen-bond acceptors (Lipinski definition) is 5. The molecule has 19 heavy (non-hydrogen) atoms. The van der Waals surface area contributed by atoms with Gasteiger partial charge in [-0.05, 0) is 34.6 Å². The van der Waals surface area contributed by atoms with Gasteiger partial charge in [0.25, 0.3) is 0 Å². The minimum absolute atomic E-state index is 0.0831. The fraction of sp³-hybridized carbons (Fsp3) is 0.846. The van der Waals surface area contributed by atoms with Crippen molar-refractivity contribution < 1.29 is 24.2 Å². The summed E-state index contributed by atoms with van der Waals surface area (Å²) in [4.78, 5) is 24.5. The molecule has 0 aromatic carbocycles. The van der Waals surface area contributed by atoms with Crippen molar-refractivity contribution in [3.8, 4) is 0 Å². The first-order valence-electron chi connectivity index (χ1n) is 6.47. The third-order valence-corrected chi connectivity index (χ3v) is 2.03. The smallest absolute Gasteiger partial charge is 0.410 e. The van der Waals surface area contributed by atoms with Crippen LogP contribution in [0.3, 0.4) is 0 Å². The second-order valence-corrected chi connectivity index (χ2v) is 5.33. The molecule has 0 rings (SSSR count). The van der Waals surface area contributed by atoms with Crippen LogP contribution in [0.4, 0.5) is 4.79 Å². The second kappa shape index (κ2) is 7.99. The standard InChI is InChI=1S/C13H25NO5/c1-6-18-11(16)7-8-14(9-10(2)15)12(17)19-13(3,4)5/h10,15H,6-9H2,1-5H3/t10-/m1/s1. The summed E-state index contributed by atoms with van der Waals surface area (Å²) in [6, 6.07) is 0. The lowest BCUT2D eigenvalue weighted by molar-refractivity contribution is -0.143. The van der Waals surface area contributed by atoms with Crippen LogP contribution in [0.15, 0.2) is 0 Å². The van der Waals surface area contributed by atoms with Crippen molar-refractivity contribution in [3.05, 3.63) is 0 Å². The number of ether oxygens (including phenoxy) is 2. The first kappa shape index (κ1) is 17.7. The summed E-state index contributed by atoms with van der Waals surface area (Å²) < 4.78 is 10.0. The Labute approximate surface area is 114 Å². The third kappa shape index (κ3) is 9.30. The van der Waals surface area contributed by atoms with E-state index in [0.29, 0.717) is 6.61 Å². The molecule has 0 aromatic heterocycles. The van der Waals surface area contributed by atoms with E-state index in [1.54, 1.807) is 34.6 Å². The summed E-state index contributed by atoms with van der Waals surface area (Å²) >= 11 is 0. The average molecular weight is 275 g/mol. The number of hydrogen-bond donors (Lipinski definition) is 1. The van der Waals surface area contributed by atoms with Gasteiger partial charge in [-0.25, -0.2) is 4.79 Å². The van der Waals surface area contributed by atoms with Crippen molar-refractivity contribution in [1.29, 1.82) is 0 Å². The summed E-state index contributed by atoms with van der Waals surface area (Å²) in [5.74, 6) is -0.373. The Morgan fingerprint density at radius 1 is 1.32 bits per heavy atom. The number of aliphatic hydroxyl groups excluding tert-OH is 1. The molecule has 0 radical (unpaired) electrons. The summed E-state index contributed by atoms with van der Waals surface area (Å²) in [6.07, 6.45) is -1.15. The van der Waals surface area contributed by atoms with E-state index < -0.39 is 17.8 Å². The minimum Gasteiger partial charge on any atom is -0.466 e. The van der Waals surface area contributed by atoms with Crippen molar-refractivity contribution in [2.45, 2.75) is 52.7 Å². The Kier molecular flexibility index (Phi) is 7.44. The van der Waals surface area contributed by atoms with Crippen LogP contribution >= 0.6 is 0 Å². The maximum Gasteiger partial charge on any atom is 0.410 e. The van der Waals surface area contributed by atoms with Crippen molar-refractivity contribution in [2.75, 3.05) is 19.7 Å². The van der Waals surface area contributed by atoms with Crippen LogP contribution in [0.2, 0.25) is 0 Å². The van der Waals surface area contributed by atoms with E-state index in [2.05, 4.69) is 0 Å². The van der Waals surface area contributed by atoms with Crippen LogP contribution in [-0.4, -0.2) is 53.5 Å². The zero-order valence-corrected chi connectivity index (χ0v) is 12.4. The lowest BCUT2D eigenvalue weighted by Crippen LogP contribution is -2.41. The Balaban J connectivity index is 4.45. The number of amides is 1. The molecule has 6 heteroatoms. The van der Waals surface area contributed by atoms with E-state index >= 15 is 0 Å². The van der Waals surface area contributed by atoms with Crippen LogP contribution in [0.1, 0.15) is 41.0 Å². The number of aliphatic hydroxyl groups is 1. The van der Waals surface area contributed by atoms with E-state index in [1.807, 2.05) is 0 Å². The molecule has 0 bridgehead atoms. The highest BCUT2D eigenvalue weighted by Gasteiger charge is 2.23. The van der Waals surface area contributed by atoms with Gasteiger partial charge in [0.05, 0.1) is 19.1 Å². The Bertz CT molecular complexity index is 296. The zero-order chi connectivity index (χ0) is 15.1. The van der Waals surface area contributed by atoms with E-state index in [9.17, 15) is 14.7 Å². The molecule has 0 heterocycles. The van der Waals surface area contributed by atoms with Gasteiger partial charge in [-0.1, -0.05) is 0 Å². The van der Waals surface area contributed by atoms with Crippen LogP contribution in [0, 0.1) is 0 Å². The van der Waals surface area contributed by atoms with E-state index in [4.69, 9.17) is 9.47 Å². The fourth-order valence-corrected chi connectivity index (χ4v) is 1.36. The molecular weight excluding hydrogens is 250 g/mol. The number of rotatable bonds is 6. The second-order valence-electron chi connectivity index (χ2n) is 5.33. The average Bonchev–Trinajstić information content (AvgIpc) is 2.21. The lowest BCUT2D eigenvalue weighted by atomic mass is 10.2. The number of nitrogens with zero attached hydrogens (tertiary/aromatic N) is 1. The molecule has 1 atom stereocenters. The molecule has 1 amide bonds. The van der Waals surface area contributed by atoms with E-state index in [0.717, 1.165) is 0 Å². The van der Waals surface area contributed by atoms with Crippen LogP contribution in [0.25, 0.3) is 0 Å². The van der Waals surface area contributed by atoms with Gasteiger partial charge in [0.2, 0.25) is 0 Å². The molecule has 0 aliphatic rings. The molecule has 1 N–H and O–H groups in total. The molecule has 0 spiro atoms. The molecule has 0 saturated heterocycles. The van der Waals surface area contributed by atoms with Crippen LogP contribution < -0.4 is 0 Å². The van der Waals surface area contributed by atoms with Crippen LogP contribution in [0.5, 0.6) is 0 Å². The monoisotopic (exact) mass is 275 g/mol.